The summed E-state index contributed by atoms with van der Waals surface area (Å²) >= 11 is 0. The number of ether oxygens (including phenoxy) is 1. The van der Waals surface area contributed by atoms with Crippen molar-refractivity contribution in [2.45, 2.75) is 72.8 Å². The van der Waals surface area contributed by atoms with Gasteiger partial charge in [0.2, 0.25) is 5.82 Å². The molecule has 0 saturated carbocycles. The molecule has 0 saturated heterocycles. The fraction of sp³-hybridized carbons (Fsp3) is 0.324. The number of esters is 1. The Hall–Kier alpha value is -5.83. The van der Waals surface area contributed by atoms with Crippen LogP contribution < -0.4 is 11.6 Å². The molecule has 0 aliphatic rings. The first kappa shape index (κ1) is 33.1. The van der Waals surface area contributed by atoms with Gasteiger partial charge < -0.3 is 32.1 Å². The van der Waals surface area contributed by atoms with Crippen molar-refractivity contribution in [1.29, 1.82) is 0 Å². The highest BCUT2D eigenvalue weighted by molar-refractivity contribution is 5.89. The molecular weight excluding hydrogens is 636 g/mol. The number of tetrazole rings is 1. The molecule has 2 aromatic carbocycles. The predicted molar refractivity (Wildman–Crippen MR) is 171 cm³/mol. The van der Waals surface area contributed by atoms with E-state index >= 15 is 0 Å². The van der Waals surface area contributed by atoms with E-state index in [-0.39, 0.29) is 42.6 Å². The number of hydrogen-bond donors (Lipinski definition) is 1. The van der Waals surface area contributed by atoms with Crippen LogP contribution in [0.1, 0.15) is 77.8 Å². The summed E-state index contributed by atoms with van der Waals surface area (Å²) in [5.41, 5.74) is 2.34. The van der Waals surface area contributed by atoms with Gasteiger partial charge in [0.1, 0.15) is 29.4 Å². The first-order valence-electron chi connectivity index (χ1n) is 15.5. The van der Waals surface area contributed by atoms with E-state index in [1.165, 1.54) is 11.7 Å². The molecular formula is C34H34N6O9. The molecule has 0 spiro atoms. The molecule has 0 radical (unpaired) electrons. The van der Waals surface area contributed by atoms with Gasteiger partial charge in [0.25, 0.3) is 0 Å². The van der Waals surface area contributed by atoms with Crippen LogP contribution >= 0.6 is 0 Å². The van der Waals surface area contributed by atoms with Crippen molar-refractivity contribution in [3.63, 3.8) is 0 Å². The van der Waals surface area contributed by atoms with Gasteiger partial charge in [0.15, 0.2) is 29.6 Å². The normalized spacial score (nSPS) is 11.7. The third kappa shape index (κ3) is 7.21. The molecule has 15 nitrogen and oxygen atoms in total. The van der Waals surface area contributed by atoms with Crippen LogP contribution in [-0.4, -0.2) is 40.8 Å². The lowest BCUT2D eigenvalue weighted by atomic mass is 10.0. The topological polar surface area (TPSA) is 195 Å². The van der Waals surface area contributed by atoms with Gasteiger partial charge in [-0.3, -0.25) is 0 Å². The lowest BCUT2D eigenvalue weighted by Gasteiger charge is -2.17. The number of aryl methyl sites for hydroxylation is 3. The summed E-state index contributed by atoms with van der Waals surface area (Å²) in [5, 5.41) is 23.6. The summed E-state index contributed by atoms with van der Waals surface area (Å²) in [7, 11) is 0. The molecule has 0 aliphatic carbocycles. The maximum absolute atomic E-state index is 13.5. The number of rotatable bonds is 12. The molecule has 1 N–H and O–H groups in total. The van der Waals surface area contributed by atoms with E-state index in [9.17, 15) is 19.5 Å². The Labute approximate surface area is 278 Å². The average molecular weight is 671 g/mol. The van der Waals surface area contributed by atoms with Gasteiger partial charge in [-0.2, -0.15) is 4.80 Å². The number of imidazole rings is 1. The smallest absolute Gasteiger partial charge is 0.453 e. The van der Waals surface area contributed by atoms with Gasteiger partial charge in [-0.25, -0.2) is 19.4 Å². The Morgan fingerprint density at radius 2 is 1.57 bits per heavy atom. The van der Waals surface area contributed by atoms with Crippen LogP contribution in [0, 0.1) is 13.8 Å². The third-order valence-electron chi connectivity index (χ3n) is 7.79. The molecule has 6 rings (SSSR count). The Bertz CT molecular complexity index is 2220. The second kappa shape index (κ2) is 13.4. The Morgan fingerprint density at radius 3 is 2.20 bits per heavy atom. The second-order valence-corrected chi connectivity index (χ2v) is 12.0. The minimum Gasteiger partial charge on any atom is -0.453 e. The summed E-state index contributed by atoms with van der Waals surface area (Å²) < 4.78 is 27.1. The van der Waals surface area contributed by atoms with Crippen LogP contribution in [0.15, 0.2) is 75.8 Å². The molecule has 0 aliphatic heterocycles. The zero-order chi connectivity index (χ0) is 34.9. The van der Waals surface area contributed by atoms with Crippen LogP contribution in [-0.2, 0) is 36.5 Å². The van der Waals surface area contributed by atoms with E-state index < -0.39 is 23.2 Å². The summed E-state index contributed by atoms with van der Waals surface area (Å²) in [6.45, 7) is 8.35. The average Bonchev–Trinajstić information content (AvgIpc) is 3.83. The van der Waals surface area contributed by atoms with Gasteiger partial charge in [0, 0.05) is 18.5 Å². The van der Waals surface area contributed by atoms with Gasteiger partial charge >= 0.3 is 17.6 Å². The van der Waals surface area contributed by atoms with E-state index in [2.05, 4.69) is 20.4 Å². The minimum atomic E-state index is -1.44. The number of benzene rings is 2. The zero-order valence-corrected chi connectivity index (χ0v) is 27.6. The fourth-order valence-corrected chi connectivity index (χ4v) is 5.32. The Morgan fingerprint density at radius 1 is 0.898 bits per heavy atom. The molecule has 0 amide bonds. The van der Waals surface area contributed by atoms with Gasteiger partial charge in [-0.1, -0.05) is 49.4 Å². The molecule has 0 fully saturated rings. The van der Waals surface area contributed by atoms with E-state index in [4.69, 9.17) is 22.4 Å². The van der Waals surface area contributed by atoms with E-state index in [1.54, 1.807) is 25.3 Å². The third-order valence-corrected chi connectivity index (χ3v) is 7.79. The van der Waals surface area contributed by atoms with Crippen molar-refractivity contribution >= 4 is 5.97 Å². The number of hydrogen-bond acceptors (Lipinski definition) is 13. The zero-order valence-electron chi connectivity index (χ0n) is 27.6. The van der Waals surface area contributed by atoms with E-state index in [0.717, 1.165) is 28.7 Å². The highest BCUT2D eigenvalue weighted by Crippen LogP contribution is 2.29. The lowest BCUT2D eigenvalue weighted by Crippen LogP contribution is -2.23. The monoisotopic (exact) mass is 670 g/mol. The molecule has 0 unspecified atom stereocenters. The highest BCUT2D eigenvalue weighted by Gasteiger charge is 2.33. The second-order valence-electron chi connectivity index (χ2n) is 12.0. The van der Waals surface area contributed by atoms with Crippen molar-refractivity contribution < 1.29 is 32.3 Å². The molecule has 49 heavy (non-hydrogen) atoms. The van der Waals surface area contributed by atoms with E-state index in [1.807, 2.05) is 55.5 Å². The fourth-order valence-electron chi connectivity index (χ4n) is 5.32. The van der Waals surface area contributed by atoms with Crippen molar-refractivity contribution in [3.05, 3.63) is 116 Å². The van der Waals surface area contributed by atoms with Crippen molar-refractivity contribution in [3.8, 4) is 22.5 Å². The first-order chi connectivity index (χ1) is 23.4. The van der Waals surface area contributed by atoms with Gasteiger partial charge in [-0.15, -0.1) is 10.2 Å². The molecule has 15 heteroatoms. The van der Waals surface area contributed by atoms with Crippen LogP contribution in [0.25, 0.3) is 22.5 Å². The lowest BCUT2D eigenvalue weighted by molar-refractivity contribution is 0.0395. The number of nitrogens with zero attached hydrogens (tertiary/aromatic N) is 6. The van der Waals surface area contributed by atoms with Crippen molar-refractivity contribution in [1.82, 2.24) is 29.8 Å². The standard InChI is InChI=1S/C34H34N6O9/c1-6-8-27-35-29(34(4,5)44)28(31(41)45-18-26-20(3)47-33(43)49-26)39(27)16-21-11-13-22(14-12-21)23-9-7-10-24(15-23)30-36-38-40(37-30)17-25-19(2)46-32(42)48-25/h7,9-15,44H,6,8,16-18H2,1-5H3. The van der Waals surface area contributed by atoms with Crippen LogP contribution in [0.3, 0.4) is 0 Å². The van der Waals surface area contributed by atoms with Gasteiger partial charge in [0.05, 0.1) is 0 Å². The maximum Gasteiger partial charge on any atom is 0.519 e. The van der Waals surface area contributed by atoms with E-state index in [0.29, 0.717) is 29.6 Å². The van der Waals surface area contributed by atoms with Gasteiger partial charge in [-0.05, 0) is 62.1 Å². The maximum atomic E-state index is 13.5. The predicted octanol–water partition coefficient (Wildman–Crippen LogP) is 4.55. The summed E-state index contributed by atoms with van der Waals surface area (Å²) in [6.07, 6.45) is 1.32. The molecule has 0 atom stereocenters. The van der Waals surface area contributed by atoms with Crippen LogP contribution in [0.4, 0.5) is 0 Å². The highest BCUT2D eigenvalue weighted by atomic mass is 16.6. The molecule has 4 heterocycles. The summed E-state index contributed by atoms with van der Waals surface area (Å²) in [5.74, 6) is -0.378. The Balaban J connectivity index is 1.24. The SMILES string of the molecule is CCCc1nc(C(C)(C)O)c(C(=O)OCc2oc(=O)oc2C)n1Cc1ccc(-c2cccc(-c3nnn(Cc4oc(=O)oc4C)n3)c2)cc1. The van der Waals surface area contributed by atoms with Crippen molar-refractivity contribution in [2.75, 3.05) is 0 Å². The number of aliphatic hydroxyl groups is 1. The number of aromatic nitrogens is 6. The molecule has 0 bridgehead atoms. The van der Waals surface area contributed by atoms with Crippen LogP contribution in [0.2, 0.25) is 0 Å². The van der Waals surface area contributed by atoms with Crippen molar-refractivity contribution in [2.24, 2.45) is 0 Å². The minimum absolute atomic E-state index is 0.0987. The first-order valence-corrected chi connectivity index (χ1v) is 15.5. The van der Waals surface area contributed by atoms with Crippen LogP contribution in [0.5, 0.6) is 0 Å². The molecule has 254 valence electrons. The largest absolute Gasteiger partial charge is 0.519 e. The number of carbonyl (C=O) groups excluding carboxylic acids is 1. The quantitative estimate of drug-likeness (QED) is 0.178. The summed E-state index contributed by atoms with van der Waals surface area (Å²) in [6, 6.07) is 15.5. The number of carbonyl (C=O) groups is 1. The Kier molecular flexibility index (Phi) is 9.01. The molecule has 6 aromatic rings. The summed E-state index contributed by atoms with van der Waals surface area (Å²) in [4.78, 5) is 42.4. The molecule has 4 aromatic heterocycles.